The normalized spacial score (nSPS) is 14.1. The van der Waals surface area contributed by atoms with Gasteiger partial charge in [0.15, 0.2) is 0 Å². The monoisotopic (exact) mass is 432 g/mol. The van der Waals surface area contributed by atoms with Gasteiger partial charge in [0.1, 0.15) is 7.14 Å². The van der Waals surface area contributed by atoms with Crippen LogP contribution in [0.15, 0.2) is 90.1 Å². The summed E-state index contributed by atoms with van der Waals surface area (Å²) in [5.74, 6) is -0.737. The number of fused-ring (bicyclic) bond motifs is 1. The molecule has 3 aromatic carbocycles. The molecular weight excluding hydrogens is 411 g/mol. The van der Waals surface area contributed by atoms with E-state index in [0.29, 0.717) is 21.7 Å². The minimum Gasteiger partial charge on any atom is -0.411 e. The molecule has 7 heteroatoms. The van der Waals surface area contributed by atoms with Crippen molar-refractivity contribution in [2.75, 3.05) is 12.7 Å². The summed E-state index contributed by atoms with van der Waals surface area (Å²) in [7, 11) is -3.13. The van der Waals surface area contributed by atoms with E-state index in [1.807, 2.05) is 36.4 Å². The number of hydrogen-bond donors (Lipinski definition) is 1. The largest absolute Gasteiger partial charge is 0.411 e. The summed E-state index contributed by atoms with van der Waals surface area (Å²) < 4.78 is 14.1. The van der Waals surface area contributed by atoms with Gasteiger partial charge in [0.25, 0.3) is 11.8 Å². The molecule has 1 aliphatic rings. The molecule has 0 spiro atoms. The van der Waals surface area contributed by atoms with Gasteiger partial charge < -0.3 is 9.77 Å². The molecule has 156 valence electrons. The highest BCUT2D eigenvalue weighted by Gasteiger charge is 2.36. The van der Waals surface area contributed by atoms with Gasteiger partial charge in [0, 0.05) is 23.6 Å². The fraction of sp³-hybridized carbons (Fsp3) is 0.125. The summed E-state index contributed by atoms with van der Waals surface area (Å²) in [5, 5.41) is 14.3. The lowest BCUT2D eigenvalue weighted by Gasteiger charge is -2.21. The van der Waals surface area contributed by atoms with Crippen LogP contribution in [0.4, 0.5) is 0 Å². The van der Waals surface area contributed by atoms with Crippen LogP contribution in [0.3, 0.4) is 0 Å². The Kier molecular flexibility index (Phi) is 5.83. The van der Waals surface area contributed by atoms with Crippen molar-refractivity contribution in [2.24, 2.45) is 5.16 Å². The van der Waals surface area contributed by atoms with Gasteiger partial charge in [-0.05, 0) is 12.1 Å². The quantitative estimate of drug-likeness (QED) is 0.204. The van der Waals surface area contributed by atoms with E-state index in [1.54, 1.807) is 48.5 Å². The maximum Gasteiger partial charge on any atom is 0.261 e. The number of amides is 2. The van der Waals surface area contributed by atoms with Gasteiger partial charge >= 0.3 is 0 Å². The zero-order valence-corrected chi connectivity index (χ0v) is 17.6. The molecule has 31 heavy (non-hydrogen) atoms. The Labute approximate surface area is 180 Å². The lowest BCUT2D eigenvalue weighted by Crippen LogP contribution is -2.33. The second-order valence-electron chi connectivity index (χ2n) is 7.29. The molecular formula is C24H21N2O4P. The van der Waals surface area contributed by atoms with Crippen LogP contribution >= 0.6 is 7.14 Å². The van der Waals surface area contributed by atoms with Gasteiger partial charge in [-0.2, -0.15) is 0 Å². The fourth-order valence-corrected chi connectivity index (χ4v) is 6.48. The highest BCUT2D eigenvalue weighted by Crippen LogP contribution is 2.43. The van der Waals surface area contributed by atoms with Gasteiger partial charge in [0.2, 0.25) is 0 Å². The van der Waals surface area contributed by atoms with Crippen molar-refractivity contribution in [3.05, 3.63) is 96.1 Å². The van der Waals surface area contributed by atoms with Crippen molar-refractivity contribution in [3.63, 3.8) is 0 Å². The third-order valence-corrected chi connectivity index (χ3v) is 8.47. The lowest BCUT2D eigenvalue weighted by molar-refractivity contribution is 0.0658. The summed E-state index contributed by atoms with van der Waals surface area (Å²) in [4.78, 5) is 26.3. The molecule has 1 aliphatic heterocycles. The van der Waals surface area contributed by atoms with E-state index >= 15 is 0 Å². The molecule has 0 unspecified atom stereocenters. The average molecular weight is 432 g/mol. The number of carbonyl (C=O) groups is 2. The second-order valence-corrected chi connectivity index (χ2v) is 10.1. The third kappa shape index (κ3) is 3.94. The summed E-state index contributed by atoms with van der Waals surface area (Å²) >= 11 is 0. The topological polar surface area (TPSA) is 87.0 Å². The van der Waals surface area contributed by atoms with Crippen LogP contribution in [-0.4, -0.2) is 40.3 Å². The standard InChI is InChI=1S/C24H21N2O4P/c27-23-21-13-7-8-14-22(21)24(28)26(23)16-15-18(25-29)17-31(30,19-9-3-1-4-10-19)20-11-5-2-6-12-20/h1-14,29H,15-17H2. The number of carbonyl (C=O) groups excluding carboxylic acids is 2. The molecule has 3 aromatic rings. The minimum absolute atomic E-state index is 0.0146. The molecule has 4 rings (SSSR count). The van der Waals surface area contributed by atoms with Crippen molar-refractivity contribution in [2.45, 2.75) is 6.42 Å². The van der Waals surface area contributed by atoms with E-state index in [2.05, 4.69) is 5.16 Å². The van der Waals surface area contributed by atoms with Crippen LogP contribution in [0.5, 0.6) is 0 Å². The van der Waals surface area contributed by atoms with E-state index in [4.69, 9.17) is 0 Å². The van der Waals surface area contributed by atoms with Crippen LogP contribution in [0.2, 0.25) is 0 Å². The van der Waals surface area contributed by atoms with Gasteiger partial charge in [0.05, 0.1) is 23.0 Å². The number of hydrogen-bond acceptors (Lipinski definition) is 5. The molecule has 0 bridgehead atoms. The van der Waals surface area contributed by atoms with E-state index in [9.17, 15) is 19.4 Å². The maximum atomic E-state index is 14.1. The summed E-state index contributed by atoms with van der Waals surface area (Å²) in [5.41, 5.74) is 1.01. The van der Waals surface area contributed by atoms with Crippen molar-refractivity contribution >= 4 is 35.3 Å². The lowest BCUT2D eigenvalue weighted by atomic mass is 10.1. The van der Waals surface area contributed by atoms with E-state index in [1.165, 1.54) is 0 Å². The van der Waals surface area contributed by atoms with Crippen molar-refractivity contribution < 1.29 is 19.4 Å². The Morgan fingerprint density at radius 3 is 1.68 bits per heavy atom. The molecule has 2 amide bonds. The Hall–Kier alpha value is -3.50. The first-order valence-corrected chi connectivity index (χ1v) is 11.8. The minimum atomic E-state index is -3.13. The number of rotatable bonds is 7. The molecule has 0 fully saturated rings. The highest BCUT2D eigenvalue weighted by atomic mass is 31.2. The van der Waals surface area contributed by atoms with Crippen LogP contribution < -0.4 is 10.6 Å². The van der Waals surface area contributed by atoms with Crippen molar-refractivity contribution in [1.82, 2.24) is 4.90 Å². The van der Waals surface area contributed by atoms with Gasteiger partial charge in [-0.3, -0.25) is 14.5 Å². The van der Waals surface area contributed by atoms with E-state index < -0.39 is 7.14 Å². The van der Waals surface area contributed by atoms with E-state index in [0.717, 1.165) is 4.90 Å². The van der Waals surface area contributed by atoms with Crippen molar-refractivity contribution in [1.29, 1.82) is 0 Å². The average Bonchev–Trinajstić information content (AvgIpc) is 3.07. The fourth-order valence-electron chi connectivity index (χ4n) is 3.77. The number of imide groups is 1. The van der Waals surface area contributed by atoms with E-state index in [-0.39, 0.29) is 36.7 Å². The van der Waals surface area contributed by atoms with Crippen LogP contribution in [-0.2, 0) is 4.57 Å². The van der Waals surface area contributed by atoms with Gasteiger partial charge in [-0.1, -0.05) is 78.0 Å². The third-order valence-electron chi connectivity index (χ3n) is 5.40. The van der Waals surface area contributed by atoms with Gasteiger partial charge in [-0.15, -0.1) is 0 Å². The zero-order valence-electron chi connectivity index (χ0n) is 16.7. The molecule has 0 aliphatic carbocycles. The molecule has 0 aromatic heterocycles. The number of benzene rings is 3. The Morgan fingerprint density at radius 2 is 1.23 bits per heavy atom. The first-order chi connectivity index (χ1) is 15.0. The summed E-state index contributed by atoms with van der Waals surface area (Å²) in [6.45, 7) is 0.0509. The predicted octanol–water partition coefficient (Wildman–Crippen LogP) is 3.52. The number of nitrogens with zero attached hydrogens (tertiary/aromatic N) is 2. The maximum absolute atomic E-state index is 14.1. The Balaban J connectivity index is 1.56. The smallest absolute Gasteiger partial charge is 0.261 e. The Morgan fingerprint density at radius 1 is 0.774 bits per heavy atom. The first kappa shape index (κ1) is 20.8. The predicted molar refractivity (Wildman–Crippen MR) is 120 cm³/mol. The summed E-state index contributed by atoms with van der Waals surface area (Å²) in [6, 6.07) is 24.8. The number of oxime groups is 1. The first-order valence-electron chi connectivity index (χ1n) is 9.90. The molecule has 1 heterocycles. The molecule has 6 nitrogen and oxygen atoms in total. The van der Waals surface area contributed by atoms with Gasteiger partial charge in [-0.25, -0.2) is 0 Å². The molecule has 0 atom stereocenters. The van der Waals surface area contributed by atoms with Crippen molar-refractivity contribution in [3.8, 4) is 0 Å². The summed E-state index contributed by atoms with van der Waals surface area (Å²) in [6.07, 6.45) is 0.145. The zero-order chi connectivity index (χ0) is 21.8. The Bertz CT molecular complexity index is 1110. The van der Waals surface area contributed by atoms with Crippen LogP contribution in [0.25, 0.3) is 0 Å². The molecule has 0 radical (unpaired) electrons. The molecule has 0 saturated carbocycles. The van der Waals surface area contributed by atoms with Crippen LogP contribution in [0.1, 0.15) is 27.1 Å². The SMILES string of the molecule is O=C1c2ccccc2C(=O)N1CCC(CP(=O)(c1ccccc1)c1ccccc1)=NO. The second kappa shape index (κ2) is 8.70. The molecule has 1 N–H and O–H groups in total. The molecule has 0 saturated heterocycles. The highest BCUT2D eigenvalue weighted by molar-refractivity contribution is 7.79. The van der Waals surface area contributed by atoms with Crippen LogP contribution in [0, 0.1) is 0 Å².